The van der Waals surface area contributed by atoms with Gasteiger partial charge in [0.1, 0.15) is 6.54 Å². The van der Waals surface area contributed by atoms with Crippen LogP contribution in [-0.2, 0) is 16.1 Å². The molecule has 1 saturated heterocycles. The summed E-state index contributed by atoms with van der Waals surface area (Å²) in [6, 6.07) is 0. The van der Waals surface area contributed by atoms with Crippen LogP contribution in [0, 0.1) is 5.92 Å². The van der Waals surface area contributed by atoms with Crippen molar-refractivity contribution in [2.45, 2.75) is 13.0 Å². The van der Waals surface area contributed by atoms with E-state index in [1.807, 2.05) is 0 Å². The van der Waals surface area contributed by atoms with E-state index in [1.54, 1.807) is 6.20 Å². The van der Waals surface area contributed by atoms with E-state index in [-0.39, 0.29) is 12.5 Å². The van der Waals surface area contributed by atoms with E-state index < -0.39 is 0 Å². The van der Waals surface area contributed by atoms with Gasteiger partial charge in [-0.25, -0.2) is 0 Å². The lowest BCUT2D eigenvalue weighted by Crippen LogP contribution is -2.32. The fourth-order valence-electron chi connectivity index (χ4n) is 1.67. The van der Waals surface area contributed by atoms with Crippen LogP contribution < -0.4 is 11.1 Å². The van der Waals surface area contributed by atoms with Crippen LogP contribution in [0.2, 0.25) is 0 Å². The molecule has 3 N–H and O–H groups in total. The van der Waals surface area contributed by atoms with Gasteiger partial charge in [0.15, 0.2) is 0 Å². The number of carbonyl (C=O) groups is 1. The summed E-state index contributed by atoms with van der Waals surface area (Å²) < 4.78 is 6.75. The number of nitrogen functional groups attached to an aromatic ring is 1. The molecule has 0 aromatic carbocycles. The van der Waals surface area contributed by atoms with Gasteiger partial charge in [-0.1, -0.05) is 0 Å². The Morgan fingerprint density at radius 1 is 1.75 bits per heavy atom. The number of hydrogen-bond donors (Lipinski definition) is 2. The van der Waals surface area contributed by atoms with E-state index in [2.05, 4.69) is 10.4 Å². The number of anilines is 1. The van der Waals surface area contributed by atoms with Gasteiger partial charge in [-0.05, 0) is 6.42 Å². The lowest BCUT2D eigenvalue weighted by molar-refractivity contribution is -0.122. The minimum Gasteiger partial charge on any atom is -0.396 e. The molecule has 0 spiro atoms. The SMILES string of the molecule is Nc1cnn(CC(=O)NCC2CCOC2)c1. The predicted octanol–water partition coefficient (Wildman–Crippen LogP) is -0.382. The maximum Gasteiger partial charge on any atom is 0.241 e. The summed E-state index contributed by atoms with van der Waals surface area (Å²) in [5.41, 5.74) is 6.06. The van der Waals surface area contributed by atoms with Crippen molar-refractivity contribution < 1.29 is 9.53 Å². The van der Waals surface area contributed by atoms with E-state index >= 15 is 0 Å². The number of amides is 1. The standard InChI is InChI=1S/C10H16N4O2/c11-9-4-13-14(5-9)6-10(15)12-3-8-1-2-16-7-8/h4-5,8H,1-3,6-7,11H2,(H,12,15). The third-order valence-corrected chi connectivity index (χ3v) is 2.57. The van der Waals surface area contributed by atoms with Crippen LogP contribution in [0.25, 0.3) is 0 Å². The highest BCUT2D eigenvalue weighted by Crippen LogP contribution is 2.10. The van der Waals surface area contributed by atoms with Gasteiger partial charge in [-0.15, -0.1) is 0 Å². The smallest absolute Gasteiger partial charge is 0.241 e. The zero-order chi connectivity index (χ0) is 11.4. The van der Waals surface area contributed by atoms with Crippen LogP contribution in [0.3, 0.4) is 0 Å². The van der Waals surface area contributed by atoms with Crippen LogP contribution >= 0.6 is 0 Å². The Labute approximate surface area is 93.8 Å². The van der Waals surface area contributed by atoms with Crippen molar-refractivity contribution in [2.24, 2.45) is 5.92 Å². The minimum absolute atomic E-state index is 0.0463. The zero-order valence-corrected chi connectivity index (χ0v) is 9.06. The Hall–Kier alpha value is -1.56. The quantitative estimate of drug-likeness (QED) is 0.730. The molecular weight excluding hydrogens is 208 g/mol. The minimum atomic E-state index is -0.0463. The first-order chi connectivity index (χ1) is 7.74. The number of aromatic nitrogens is 2. The molecule has 1 fully saturated rings. The first-order valence-corrected chi connectivity index (χ1v) is 5.36. The molecule has 0 saturated carbocycles. The van der Waals surface area contributed by atoms with Crippen LogP contribution in [-0.4, -0.2) is 35.4 Å². The Bertz CT molecular complexity index is 357. The maximum atomic E-state index is 11.5. The molecule has 88 valence electrons. The Kier molecular flexibility index (Phi) is 3.40. The van der Waals surface area contributed by atoms with E-state index in [9.17, 15) is 4.79 Å². The third-order valence-electron chi connectivity index (χ3n) is 2.57. The van der Waals surface area contributed by atoms with Gasteiger partial charge in [0, 0.05) is 25.3 Å². The first-order valence-electron chi connectivity index (χ1n) is 5.36. The Balaban J connectivity index is 1.71. The summed E-state index contributed by atoms with van der Waals surface area (Å²) in [5.74, 6) is 0.404. The molecule has 0 bridgehead atoms. The van der Waals surface area contributed by atoms with Crippen molar-refractivity contribution in [1.82, 2.24) is 15.1 Å². The second-order valence-electron chi connectivity index (χ2n) is 4.00. The second-order valence-corrected chi connectivity index (χ2v) is 4.00. The van der Waals surface area contributed by atoms with Crippen molar-refractivity contribution in [3.05, 3.63) is 12.4 Å². The number of ether oxygens (including phenoxy) is 1. The molecule has 1 aromatic heterocycles. The molecule has 6 heteroatoms. The molecular formula is C10H16N4O2. The fourth-order valence-corrected chi connectivity index (χ4v) is 1.67. The van der Waals surface area contributed by atoms with Gasteiger partial charge in [0.25, 0.3) is 0 Å². The van der Waals surface area contributed by atoms with Crippen LogP contribution in [0.15, 0.2) is 12.4 Å². The number of nitrogens with zero attached hydrogens (tertiary/aromatic N) is 2. The number of nitrogens with two attached hydrogens (primary N) is 1. The summed E-state index contributed by atoms with van der Waals surface area (Å²) in [4.78, 5) is 11.5. The summed E-state index contributed by atoms with van der Waals surface area (Å²) >= 11 is 0. The van der Waals surface area contributed by atoms with E-state index in [4.69, 9.17) is 10.5 Å². The predicted molar refractivity (Wildman–Crippen MR) is 58.6 cm³/mol. The van der Waals surface area contributed by atoms with E-state index in [1.165, 1.54) is 10.9 Å². The lowest BCUT2D eigenvalue weighted by atomic mass is 10.1. The molecule has 6 nitrogen and oxygen atoms in total. The van der Waals surface area contributed by atoms with Crippen LogP contribution in [0.5, 0.6) is 0 Å². The molecule has 0 radical (unpaired) electrons. The lowest BCUT2D eigenvalue weighted by Gasteiger charge is -2.09. The fraction of sp³-hybridized carbons (Fsp3) is 0.600. The number of carbonyl (C=O) groups excluding carboxylic acids is 1. The Morgan fingerprint density at radius 3 is 3.25 bits per heavy atom. The summed E-state index contributed by atoms with van der Waals surface area (Å²) in [7, 11) is 0. The van der Waals surface area contributed by atoms with Gasteiger partial charge < -0.3 is 15.8 Å². The van der Waals surface area contributed by atoms with Crippen LogP contribution in [0.1, 0.15) is 6.42 Å². The molecule has 0 aliphatic carbocycles. The van der Waals surface area contributed by atoms with Crippen molar-refractivity contribution in [2.75, 3.05) is 25.5 Å². The normalized spacial score (nSPS) is 19.9. The second kappa shape index (κ2) is 4.98. The summed E-state index contributed by atoms with van der Waals surface area (Å²) in [6.45, 7) is 2.44. The highest BCUT2D eigenvalue weighted by atomic mass is 16.5. The highest BCUT2D eigenvalue weighted by molar-refractivity contribution is 5.75. The van der Waals surface area contributed by atoms with Crippen molar-refractivity contribution in [3.63, 3.8) is 0 Å². The van der Waals surface area contributed by atoms with Crippen molar-refractivity contribution in [1.29, 1.82) is 0 Å². The largest absolute Gasteiger partial charge is 0.396 e. The third kappa shape index (κ3) is 2.96. The highest BCUT2D eigenvalue weighted by Gasteiger charge is 2.16. The number of hydrogen-bond acceptors (Lipinski definition) is 4. The molecule has 1 unspecified atom stereocenters. The van der Waals surface area contributed by atoms with Gasteiger partial charge in [-0.2, -0.15) is 5.10 Å². The zero-order valence-electron chi connectivity index (χ0n) is 9.06. The van der Waals surface area contributed by atoms with Gasteiger partial charge >= 0.3 is 0 Å². The summed E-state index contributed by atoms with van der Waals surface area (Å²) in [6.07, 6.45) is 4.19. The molecule has 1 aliphatic heterocycles. The molecule has 1 atom stereocenters. The average molecular weight is 224 g/mol. The van der Waals surface area contributed by atoms with Gasteiger partial charge in [0.2, 0.25) is 5.91 Å². The Morgan fingerprint density at radius 2 is 2.62 bits per heavy atom. The van der Waals surface area contributed by atoms with Gasteiger partial charge in [-0.3, -0.25) is 9.48 Å². The monoisotopic (exact) mass is 224 g/mol. The van der Waals surface area contributed by atoms with E-state index in [0.29, 0.717) is 18.2 Å². The number of nitrogens with one attached hydrogen (secondary N) is 1. The molecule has 2 rings (SSSR count). The average Bonchev–Trinajstić information content (AvgIpc) is 2.87. The molecule has 2 heterocycles. The van der Waals surface area contributed by atoms with Crippen LogP contribution in [0.4, 0.5) is 5.69 Å². The van der Waals surface area contributed by atoms with E-state index in [0.717, 1.165) is 19.6 Å². The maximum absolute atomic E-state index is 11.5. The molecule has 1 aliphatic rings. The van der Waals surface area contributed by atoms with Crippen molar-refractivity contribution >= 4 is 11.6 Å². The molecule has 16 heavy (non-hydrogen) atoms. The van der Waals surface area contributed by atoms with Crippen molar-refractivity contribution in [3.8, 4) is 0 Å². The summed E-state index contributed by atoms with van der Waals surface area (Å²) in [5, 5.41) is 6.80. The molecule has 1 amide bonds. The molecule has 1 aromatic rings. The topological polar surface area (TPSA) is 82.2 Å². The van der Waals surface area contributed by atoms with Gasteiger partial charge in [0.05, 0.1) is 18.5 Å². The number of rotatable bonds is 4. The first kappa shape index (κ1) is 10.9.